The molecule has 1 aromatic rings. The molecule has 1 aromatic heterocycles. The molecule has 0 aromatic carbocycles. The first-order valence-electron chi connectivity index (χ1n) is 8.94. The molecule has 0 radical (unpaired) electrons. The number of carboxylic acids is 1. The number of rotatable bonds is 2. The number of aromatic nitrogens is 1. The Morgan fingerprint density at radius 2 is 1.79 bits per heavy atom. The number of hydrogen-bond donors (Lipinski definition) is 1. The number of aliphatic carboxylic acids is 1. The standard InChI is InChI=1S/C16H24N4O.C2HF3O2/c1-18(2)16(21)20-11-14-6-15(12-20)10-19(9-14)8-13-4-3-5-17-7-13;3-2(4,5)1(6)7/h3-5,7,14-15H,6,8-12H2,1-2H3;(H,6,7). The highest BCUT2D eigenvalue weighted by Crippen LogP contribution is 2.29. The Morgan fingerprint density at radius 1 is 1.21 bits per heavy atom. The fourth-order valence-corrected chi connectivity index (χ4v) is 3.71. The predicted octanol–water partition coefficient (Wildman–Crippen LogP) is 2.15. The molecule has 0 spiro atoms. The van der Waals surface area contributed by atoms with Gasteiger partial charge in [-0.3, -0.25) is 9.88 Å². The molecule has 2 atom stereocenters. The molecule has 28 heavy (non-hydrogen) atoms. The van der Waals surface area contributed by atoms with Crippen molar-refractivity contribution in [2.75, 3.05) is 40.3 Å². The fourth-order valence-electron chi connectivity index (χ4n) is 3.71. The van der Waals surface area contributed by atoms with E-state index in [0.29, 0.717) is 11.8 Å². The normalized spacial score (nSPS) is 22.1. The molecule has 3 rings (SSSR count). The van der Waals surface area contributed by atoms with E-state index in [1.807, 2.05) is 37.5 Å². The van der Waals surface area contributed by atoms with Gasteiger partial charge in [-0.25, -0.2) is 9.59 Å². The zero-order valence-electron chi connectivity index (χ0n) is 15.9. The number of carbonyl (C=O) groups excluding carboxylic acids is 1. The van der Waals surface area contributed by atoms with E-state index in [1.54, 1.807) is 4.90 Å². The van der Waals surface area contributed by atoms with Gasteiger partial charge in [-0.15, -0.1) is 0 Å². The zero-order chi connectivity index (χ0) is 20.9. The van der Waals surface area contributed by atoms with Crippen molar-refractivity contribution in [3.63, 3.8) is 0 Å². The smallest absolute Gasteiger partial charge is 0.475 e. The third kappa shape index (κ3) is 6.36. The quantitative estimate of drug-likeness (QED) is 0.820. The minimum atomic E-state index is -5.08. The number of fused-ring (bicyclic) bond motifs is 2. The third-order valence-corrected chi connectivity index (χ3v) is 4.68. The summed E-state index contributed by atoms with van der Waals surface area (Å²) in [5.41, 5.74) is 1.28. The summed E-state index contributed by atoms with van der Waals surface area (Å²) in [4.78, 5) is 31.5. The molecule has 2 fully saturated rings. The molecule has 0 saturated carbocycles. The van der Waals surface area contributed by atoms with Gasteiger partial charge in [-0.05, 0) is 29.9 Å². The second-order valence-electron chi connectivity index (χ2n) is 7.41. The number of urea groups is 1. The van der Waals surface area contributed by atoms with Crippen LogP contribution in [0.5, 0.6) is 0 Å². The van der Waals surface area contributed by atoms with E-state index >= 15 is 0 Å². The topological polar surface area (TPSA) is 77.0 Å². The maximum absolute atomic E-state index is 12.1. The average molecular weight is 402 g/mol. The molecule has 10 heteroatoms. The Balaban J connectivity index is 0.000000345. The number of nitrogens with zero attached hydrogens (tertiary/aromatic N) is 4. The molecular weight excluding hydrogens is 377 g/mol. The number of hydrogen-bond acceptors (Lipinski definition) is 4. The summed E-state index contributed by atoms with van der Waals surface area (Å²) in [6.07, 6.45) is -0.0494. The van der Waals surface area contributed by atoms with Crippen molar-refractivity contribution in [2.24, 2.45) is 11.8 Å². The largest absolute Gasteiger partial charge is 0.490 e. The number of alkyl halides is 3. The van der Waals surface area contributed by atoms with Crippen LogP contribution in [0.1, 0.15) is 12.0 Å². The molecule has 2 bridgehead atoms. The monoisotopic (exact) mass is 402 g/mol. The Bertz CT molecular complexity index is 656. The molecule has 0 aliphatic carbocycles. The SMILES string of the molecule is CN(C)C(=O)N1CC2CC(CN(Cc3cccnc3)C2)C1.O=C(O)C(F)(F)F. The van der Waals surface area contributed by atoms with Gasteiger partial charge in [0.15, 0.2) is 0 Å². The lowest BCUT2D eigenvalue weighted by Gasteiger charge is -2.46. The lowest BCUT2D eigenvalue weighted by Crippen LogP contribution is -2.55. The zero-order valence-corrected chi connectivity index (χ0v) is 15.9. The van der Waals surface area contributed by atoms with Crippen molar-refractivity contribution >= 4 is 12.0 Å². The maximum Gasteiger partial charge on any atom is 0.490 e. The van der Waals surface area contributed by atoms with Gasteiger partial charge in [-0.1, -0.05) is 6.07 Å². The van der Waals surface area contributed by atoms with E-state index in [1.165, 1.54) is 12.0 Å². The second-order valence-corrected chi connectivity index (χ2v) is 7.41. The van der Waals surface area contributed by atoms with Crippen LogP contribution in [0.25, 0.3) is 0 Å². The Kier molecular flexibility index (Phi) is 7.22. The highest BCUT2D eigenvalue weighted by Gasteiger charge is 2.38. The van der Waals surface area contributed by atoms with Crippen molar-refractivity contribution in [1.29, 1.82) is 0 Å². The number of piperidine rings is 2. The first-order chi connectivity index (χ1) is 13.1. The Morgan fingerprint density at radius 3 is 2.21 bits per heavy atom. The van der Waals surface area contributed by atoms with E-state index in [4.69, 9.17) is 9.90 Å². The van der Waals surface area contributed by atoms with E-state index in [9.17, 15) is 18.0 Å². The van der Waals surface area contributed by atoms with E-state index in [0.717, 1.165) is 32.7 Å². The summed E-state index contributed by atoms with van der Waals surface area (Å²) in [6.45, 7) is 4.95. The van der Waals surface area contributed by atoms with Crippen molar-refractivity contribution in [2.45, 2.75) is 19.1 Å². The van der Waals surface area contributed by atoms with Crippen LogP contribution in [0.3, 0.4) is 0 Å². The van der Waals surface area contributed by atoms with E-state index in [-0.39, 0.29) is 6.03 Å². The number of pyridine rings is 1. The van der Waals surface area contributed by atoms with Gasteiger partial charge in [-0.2, -0.15) is 13.2 Å². The van der Waals surface area contributed by atoms with Gasteiger partial charge in [0.25, 0.3) is 0 Å². The number of halogens is 3. The van der Waals surface area contributed by atoms with Crippen molar-refractivity contribution in [1.82, 2.24) is 19.7 Å². The number of carboxylic acid groups (broad SMARTS) is 1. The second kappa shape index (κ2) is 9.22. The van der Waals surface area contributed by atoms with E-state index in [2.05, 4.69) is 16.0 Å². The van der Waals surface area contributed by atoms with Crippen LogP contribution in [-0.4, -0.2) is 83.2 Å². The molecule has 7 nitrogen and oxygen atoms in total. The predicted molar refractivity (Wildman–Crippen MR) is 95.5 cm³/mol. The molecule has 2 unspecified atom stereocenters. The van der Waals surface area contributed by atoms with Crippen molar-refractivity contribution < 1.29 is 27.9 Å². The summed E-state index contributed by atoms with van der Waals surface area (Å²) in [5.74, 6) is -1.54. The summed E-state index contributed by atoms with van der Waals surface area (Å²) in [7, 11) is 3.67. The summed E-state index contributed by atoms with van der Waals surface area (Å²) in [6, 6.07) is 4.29. The number of carbonyl (C=O) groups is 2. The number of amides is 2. The van der Waals surface area contributed by atoms with Crippen LogP contribution in [-0.2, 0) is 11.3 Å². The van der Waals surface area contributed by atoms with Crippen LogP contribution < -0.4 is 0 Å². The average Bonchev–Trinajstić information content (AvgIpc) is 2.60. The van der Waals surface area contributed by atoms with Crippen LogP contribution in [0.2, 0.25) is 0 Å². The van der Waals surface area contributed by atoms with Gasteiger partial charge in [0, 0.05) is 59.2 Å². The molecule has 1 N–H and O–H groups in total. The van der Waals surface area contributed by atoms with Crippen LogP contribution in [0, 0.1) is 11.8 Å². The van der Waals surface area contributed by atoms with Gasteiger partial charge >= 0.3 is 18.2 Å². The molecule has 2 amide bonds. The van der Waals surface area contributed by atoms with Crippen LogP contribution in [0.4, 0.5) is 18.0 Å². The molecule has 2 saturated heterocycles. The lowest BCUT2D eigenvalue weighted by molar-refractivity contribution is -0.192. The van der Waals surface area contributed by atoms with Crippen molar-refractivity contribution in [3.05, 3.63) is 30.1 Å². The first-order valence-corrected chi connectivity index (χ1v) is 8.94. The maximum atomic E-state index is 12.1. The summed E-state index contributed by atoms with van der Waals surface area (Å²) >= 11 is 0. The molecular formula is C18H25F3N4O3. The van der Waals surface area contributed by atoms with Gasteiger partial charge in [0.1, 0.15) is 0 Å². The minimum absolute atomic E-state index is 0.158. The molecule has 3 heterocycles. The highest BCUT2D eigenvalue weighted by atomic mass is 19.4. The number of likely N-dealkylation sites (tertiary alicyclic amines) is 2. The van der Waals surface area contributed by atoms with Gasteiger partial charge < -0.3 is 14.9 Å². The Labute approximate surface area is 161 Å². The lowest BCUT2D eigenvalue weighted by atomic mass is 9.84. The summed E-state index contributed by atoms with van der Waals surface area (Å²) < 4.78 is 31.7. The molecule has 156 valence electrons. The minimum Gasteiger partial charge on any atom is -0.475 e. The van der Waals surface area contributed by atoms with Crippen molar-refractivity contribution in [3.8, 4) is 0 Å². The van der Waals surface area contributed by atoms with Gasteiger partial charge in [0.2, 0.25) is 0 Å². The first kappa shape index (κ1) is 21.9. The summed E-state index contributed by atoms with van der Waals surface area (Å²) in [5, 5.41) is 7.12. The Hall–Kier alpha value is -2.36. The third-order valence-electron chi connectivity index (χ3n) is 4.68. The van der Waals surface area contributed by atoms with Crippen LogP contribution >= 0.6 is 0 Å². The van der Waals surface area contributed by atoms with E-state index < -0.39 is 12.1 Å². The fraction of sp³-hybridized carbons (Fsp3) is 0.611. The molecule has 2 aliphatic heterocycles. The molecule has 2 aliphatic rings. The highest BCUT2D eigenvalue weighted by molar-refractivity contribution is 5.74. The van der Waals surface area contributed by atoms with Gasteiger partial charge in [0.05, 0.1) is 0 Å². The van der Waals surface area contributed by atoms with Crippen LogP contribution in [0.15, 0.2) is 24.5 Å².